The highest BCUT2D eigenvalue weighted by Crippen LogP contribution is 2.22. The summed E-state index contributed by atoms with van der Waals surface area (Å²) in [5.74, 6) is 0.0324. The number of amides is 1. The summed E-state index contributed by atoms with van der Waals surface area (Å²) in [4.78, 5) is 10.7. The Kier molecular flexibility index (Phi) is 2.27. The molecule has 14 heavy (non-hydrogen) atoms. The van der Waals surface area contributed by atoms with Gasteiger partial charge < -0.3 is 15.4 Å². The topological polar surface area (TPSA) is 69.6 Å². The van der Waals surface area contributed by atoms with Gasteiger partial charge in [0.25, 0.3) is 0 Å². The van der Waals surface area contributed by atoms with E-state index in [1.165, 1.54) is 0 Å². The predicted molar refractivity (Wildman–Crippen MR) is 51.8 cm³/mol. The van der Waals surface area contributed by atoms with Crippen LogP contribution < -0.4 is 10.8 Å². The summed E-state index contributed by atoms with van der Waals surface area (Å²) in [6, 6.07) is 6.95. The number of rotatable bonds is 2. The molecule has 0 spiro atoms. The molecule has 4 nitrogen and oxygen atoms in total. The third kappa shape index (κ3) is 1.64. The summed E-state index contributed by atoms with van der Waals surface area (Å²) in [6.45, 7) is 0. The fourth-order valence-electron chi connectivity index (χ4n) is 1.50. The van der Waals surface area contributed by atoms with Crippen LogP contribution in [-0.4, -0.2) is 23.1 Å². The Morgan fingerprint density at radius 1 is 1.43 bits per heavy atom. The highest BCUT2D eigenvalue weighted by molar-refractivity contribution is 6.58. The van der Waals surface area contributed by atoms with Crippen LogP contribution in [0, 0.1) is 0 Å². The number of β-lactam (4-membered cyclic amide) rings is 1. The molecule has 5 heteroatoms. The Hall–Kier alpha value is -1.33. The van der Waals surface area contributed by atoms with Crippen LogP contribution in [-0.2, 0) is 4.79 Å². The molecule has 2 rings (SSSR count). The fourth-order valence-corrected chi connectivity index (χ4v) is 1.50. The zero-order chi connectivity index (χ0) is 10.1. The molecule has 1 heterocycles. The van der Waals surface area contributed by atoms with E-state index in [0.717, 1.165) is 5.56 Å². The number of hydrogen-bond donors (Lipinski definition) is 3. The van der Waals surface area contributed by atoms with Gasteiger partial charge in [0.2, 0.25) is 5.91 Å². The van der Waals surface area contributed by atoms with E-state index in [1.807, 2.05) is 6.07 Å². The minimum absolute atomic E-state index is 0.0289. The van der Waals surface area contributed by atoms with E-state index in [1.54, 1.807) is 18.2 Å². The van der Waals surface area contributed by atoms with E-state index in [2.05, 4.69) is 5.32 Å². The lowest BCUT2D eigenvalue weighted by Gasteiger charge is -2.27. The summed E-state index contributed by atoms with van der Waals surface area (Å²) in [6.07, 6.45) is 0.477. The highest BCUT2D eigenvalue weighted by atomic mass is 16.4. The van der Waals surface area contributed by atoms with Crippen molar-refractivity contribution in [3.8, 4) is 0 Å². The molecule has 0 saturated carbocycles. The average Bonchev–Trinajstić information content (AvgIpc) is 2.13. The molecule has 1 amide bonds. The fraction of sp³-hybridized carbons (Fsp3) is 0.222. The number of benzene rings is 1. The Morgan fingerprint density at radius 2 is 2.14 bits per heavy atom. The molecule has 1 aromatic carbocycles. The predicted octanol–water partition coefficient (Wildman–Crippen LogP) is -1.07. The maximum atomic E-state index is 10.7. The van der Waals surface area contributed by atoms with Gasteiger partial charge in [-0.05, 0) is 11.0 Å². The van der Waals surface area contributed by atoms with E-state index in [-0.39, 0.29) is 11.9 Å². The van der Waals surface area contributed by atoms with Gasteiger partial charge in [-0.1, -0.05) is 24.3 Å². The summed E-state index contributed by atoms with van der Waals surface area (Å²) in [5.41, 5.74) is 1.36. The molecule has 1 fully saturated rings. The quantitative estimate of drug-likeness (QED) is 0.411. The SMILES string of the molecule is O=C1CC(c2cccc(B(O)O)c2)N1. The molecule has 1 saturated heterocycles. The first-order valence-electron chi connectivity index (χ1n) is 4.42. The van der Waals surface area contributed by atoms with Crippen LogP contribution in [0.15, 0.2) is 24.3 Å². The lowest BCUT2D eigenvalue weighted by Crippen LogP contribution is -2.42. The first kappa shape index (κ1) is 9.24. The van der Waals surface area contributed by atoms with Crippen molar-refractivity contribution < 1.29 is 14.8 Å². The number of nitrogens with one attached hydrogen (secondary N) is 1. The van der Waals surface area contributed by atoms with Gasteiger partial charge in [0.05, 0.1) is 12.5 Å². The second-order valence-corrected chi connectivity index (χ2v) is 3.37. The Morgan fingerprint density at radius 3 is 2.71 bits per heavy atom. The Balaban J connectivity index is 2.18. The van der Waals surface area contributed by atoms with Crippen LogP contribution in [0.25, 0.3) is 0 Å². The monoisotopic (exact) mass is 191 g/mol. The highest BCUT2D eigenvalue weighted by Gasteiger charge is 2.27. The van der Waals surface area contributed by atoms with Gasteiger partial charge in [-0.15, -0.1) is 0 Å². The molecule has 1 unspecified atom stereocenters. The van der Waals surface area contributed by atoms with Gasteiger partial charge in [-0.3, -0.25) is 4.79 Å². The van der Waals surface area contributed by atoms with Gasteiger partial charge in [-0.2, -0.15) is 0 Å². The third-order valence-electron chi connectivity index (χ3n) is 2.34. The van der Waals surface area contributed by atoms with Crippen LogP contribution in [0.2, 0.25) is 0 Å². The zero-order valence-electron chi connectivity index (χ0n) is 7.47. The summed E-state index contributed by atoms with van der Waals surface area (Å²) in [5, 5.41) is 20.6. The Labute approximate surface area is 81.7 Å². The lowest BCUT2D eigenvalue weighted by atomic mass is 9.78. The minimum atomic E-state index is -1.45. The van der Waals surface area contributed by atoms with Gasteiger partial charge in [0.1, 0.15) is 0 Å². The molecule has 1 aliphatic heterocycles. The summed E-state index contributed by atoms with van der Waals surface area (Å²) < 4.78 is 0. The van der Waals surface area contributed by atoms with E-state index >= 15 is 0 Å². The van der Waals surface area contributed by atoms with E-state index in [4.69, 9.17) is 10.0 Å². The third-order valence-corrected chi connectivity index (χ3v) is 2.34. The van der Waals surface area contributed by atoms with Crippen molar-refractivity contribution in [1.29, 1.82) is 0 Å². The number of carbonyl (C=O) groups excluding carboxylic acids is 1. The van der Waals surface area contributed by atoms with Crippen LogP contribution in [0.5, 0.6) is 0 Å². The second-order valence-electron chi connectivity index (χ2n) is 3.37. The molecule has 1 aliphatic rings. The first-order chi connectivity index (χ1) is 6.66. The van der Waals surface area contributed by atoms with Crippen molar-refractivity contribution in [2.45, 2.75) is 12.5 Å². The second kappa shape index (κ2) is 3.44. The zero-order valence-corrected chi connectivity index (χ0v) is 7.47. The van der Waals surface area contributed by atoms with Crippen molar-refractivity contribution in [3.05, 3.63) is 29.8 Å². The molecular weight excluding hydrogens is 181 g/mol. The van der Waals surface area contributed by atoms with Gasteiger partial charge in [0, 0.05) is 0 Å². The van der Waals surface area contributed by atoms with Crippen molar-refractivity contribution in [2.24, 2.45) is 0 Å². The molecule has 0 bridgehead atoms. The molecule has 0 aliphatic carbocycles. The summed E-state index contributed by atoms with van der Waals surface area (Å²) >= 11 is 0. The van der Waals surface area contributed by atoms with Crippen LogP contribution in [0.3, 0.4) is 0 Å². The summed E-state index contributed by atoms with van der Waals surface area (Å²) in [7, 11) is -1.45. The first-order valence-corrected chi connectivity index (χ1v) is 4.42. The molecular formula is C9H10BNO3. The molecule has 1 aromatic rings. The van der Waals surface area contributed by atoms with Crippen molar-refractivity contribution in [2.75, 3.05) is 0 Å². The van der Waals surface area contributed by atoms with Gasteiger partial charge in [-0.25, -0.2) is 0 Å². The van der Waals surface area contributed by atoms with Crippen LogP contribution in [0.4, 0.5) is 0 Å². The van der Waals surface area contributed by atoms with E-state index in [9.17, 15) is 4.79 Å². The van der Waals surface area contributed by atoms with Crippen LogP contribution in [0.1, 0.15) is 18.0 Å². The number of carbonyl (C=O) groups is 1. The Bertz CT molecular complexity index is 359. The smallest absolute Gasteiger partial charge is 0.423 e. The molecule has 0 radical (unpaired) electrons. The van der Waals surface area contributed by atoms with Gasteiger partial charge in [0.15, 0.2) is 0 Å². The maximum absolute atomic E-state index is 10.7. The normalized spacial score (nSPS) is 19.9. The standard InChI is InChI=1S/C9H10BNO3/c12-9-5-8(11-9)6-2-1-3-7(4-6)10(13)14/h1-4,8,13-14H,5H2,(H,11,12). The van der Waals surface area contributed by atoms with Gasteiger partial charge >= 0.3 is 7.12 Å². The molecule has 72 valence electrons. The van der Waals surface area contributed by atoms with E-state index < -0.39 is 7.12 Å². The minimum Gasteiger partial charge on any atom is -0.423 e. The average molecular weight is 191 g/mol. The van der Waals surface area contributed by atoms with Crippen LogP contribution >= 0.6 is 0 Å². The largest absolute Gasteiger partial charge is 0.488 e. The van der Waals surface area contributed by atoms with Crippen molar-refractivity contribution in [3.63, 3.8) is 0 Å². The lowest BCUT2D eigenvalue weighted by molar-refractivity contribution is -0.128. The van der Waals surface area contributed by atoms with Crippen molar-refractivity contribution in [1.82, 2.24) is 5.32 Å². The maximum Gasteiger partial charge on any atom is 0.488 e. The molecule has 1 atom stereocenters. The molecule has 0 aromatic heterocycles. The van der Waals surface area contributed by atoms with Crippen molar-refractivity contribution >= 4 is 18.5 Å². The molecule has 3 N–H and O–H groups in total. The van der Waals surface area contributed by atoms with E-state index in [0.29, 0.717) is 11.9 Å². The number of hydrogen-bond acceptors (Lipinski definition) is 3.